The highest BCUT2D eigenvalue weighted by atomic mass is 35.5. The van der Waals surface area contributed by atoms with Gasteiger partial charge < -0.3 is 0 Å². The van der Waals surface area contributed by atoms with Gasteiger partial charge in [-0.15, -0.1) is 18.2 Å². The zero-order valence-corrected chi connectivity index (χ0v) is 8.85. The average Bonchev–Trinajstić information content (AvgIpc) is 2.19. The third-order valence-electron chi connectivity index (χ3n) is 1.23. The summed E-state index contributed by atoms with van der Waals surface area (Å²) >= 11 is 10.8. The average molecular weight is 215 g/mol. The van der Waals surface area contributed by atoms with E-state index in [-0.39, 0.29) is 0 Å². The third-order valence-corrected chi connectivity index (χ3v) is 1.80. The molecule has 0 fully saturated rings. The molecule has 70 valence electrons. The van der Waals surface area contributed by atoms with Gasteiger partial charge in [-0.1, -0.05) is 48.5 Å². The summed E-state index contributed by atoms with van der Waals surface area (Å²) in [5.74, 6) is 0.556. The van der Waals surface area contributed by atoms with Crippen molar-refractivity contribution in [3.05, 3.63) is 54.1 Å². The Morgan fingerprint density at radius 1 is 1.23 bits per heavy atom. The molecule has 0 N–H and O–H groups in total. The number of rotatable bonds is 2. The van der Waals surface area contributed by atoms with Crippen LogP contribution in [0.15, 0.2) is 43.5 Å². The van der Waals surface area contributed by atoms with Crippen molar-refractivity contribution in [3.8, 4) is 0 Å². The molecule has 0 aliphatic rings. The summed E-state index contributed by atoms with van der Waals surface area (Å²) in [5, 5.41) is 0.757. The fourth-order valence-corrected chi connectivity index (χ4v) is 0.854. The largest absolute Gasteiger partial charge is 0.122 e. The minimum Gasteiger partial charge on any atom is -0.122 e. The topological polar surface area (TPSA) is 0 Å². The third kappa shape index (κ3) is 5.51. The molecule has 0 amide bonds. The highest BCUT2D eigenvalue weighted by molar-refractivity contribution is 6.32. The van der Waals surface area contributed by atoms with E-state index < -0.39 is 0 Å². The summed E-state index contributed by atoms with van der Waals surface area (Å²) in [4.78, 5) is 0. The molecule has 13 heavy (non-hydrogen) atoms. The fraction of sp³-hybridized carbons (Fsp3) is 0.0909. The lowest BCUT2D eigenvalue weighted by atomic mass is 10.2. The Hall–Kier alpha value is -0.720. The molecule has 0 saturated carbocycles. The molecule has 0 radical (unpaired) electrons. The van der Waals surface area contributed by atoms with Crippen molar-refractivity contribution in [2.75, 3.05) is 5.88 Å². The molecule has 1 rings (SSSR count). The summed E-state index contributed by atoms with van der Waals surface area (Å²) < 4.78 is 0. The number of halogens is 2. The number of hydrogen-bond donors (Lipinski definition) is 0. The van der Waals surface area contributed by atoms with Gasteiger partial charge in [-0.2, -0.15) is 0 Å². The van der Waals surface area contributed by atoms with Crippen LogP contribution in [0.25, 0.3) is 6.08 Å². The van der Waals surface area contributed by atoms with Gasteiger partial charge in [0, 0.05) is 10.9 Å². The molecular weight excluding hydrogens is 203 g/mol. The number of benzene rings is 1. The van der Waals surface area contributed by atoms with E-state index in [2.05, 4.69) is 13.2 Å². The van der Waals surface area contributed by atoms with E-state index in [1.807, 2.05) is 24.3 Å². The molecule has 0 heterocycles. The molecule has 0 bridgehead atoms. The maximum Gasteiger partial charge on any atom is 0.0478 e. The zero-order valence-electron chi connectivity index (χ0n) is 7.34. The van der Waals surface area contributed by atoms with Gasteiger partial charge in [0.2, 0.25) is 0 Å². The quantitative estimate of drug-likeness (QED) is 0.506. The monoisotopic (exact) mass is 214 g/mol. The van der Waals surface area contributed by atoms with Gasteiger partial charge in [0.25, 0.3) is 0 Å². The van der Waals surface area contributed by atoms with E-state index in [0.29, 0.717) is 5.88 Å². The molecule has 2 heteroatoms. The minimum absolute atomic E-state index is 0.556. The summed E-state index contributed by atoms with van der Waals surface area (Å²) in [7, 11) is 0. The van der Waals surface area contributed by atoms with Crippen LogP contribution in [0.2, 0.25) is 5.02 Å². The van der Waals surface area contributed by atoms with Crippen molar-refractivity contribution >= 4 is 29.3 Å². The number of alkyl halides is 1. The molecule has 1 aromatic carbocycles. The lowest BCUT2D eigenvalue weighted by Gasteiger charge is -1.92. The van der Waals surface area contributed by atoms with E-state index in [1.54, 1.807) is 12.2 Å². The van der Waals surface area contributed by atoms with Gasteiger partial charge >= 0.3 is 0 Å². The first-order valence-electron chi connectivity index (χ1n) is 3.80. The van der Waals surface area contributed by atoms with Crippen molar-refractivity contribution in [2.45, 2.75) is 0 Å². The van der Waals surface area contributed by atoms with Crippen LogP contribution in [0.4, 0.5) is 0 Å². The fourth-order valence-electron chi connectivity index (χ4n) is 0.641. The summed E-state index contributed by atoms with van der Waals surface area (Å²) in [6.07, 6.45) is 3.38. The lowest BCUT2D eigenvalue weighted by Crippen LogP contribution is -1.69. The maximum absolute atomic E-state index is 5.75. The first-order valence-corrected chi connectivity index (χ1v) is 4.71. The molecule has 0 aliphatic heterocycles. The van der Waals surface area contributed by atoms with Crippen molar-refractivity contribution in [1.29, 1.82) is 0 Å². The van der Waals surface area contributed by atoms with Gasteiger partial charge in [-0.25, -0.2) is 0 Å². The van der Waals surface area contributed by atoms with Gasteiger partial charge in [-0.05, 0) is 11.6 Å². The Labute approximate surface area is 89.5 Å². The first-order chi connectivity index (χ1) is 6.26. The summed E-state index contributed by atoms with van der Waals surface area (Å²) in [5.41, 5.74) is 0.985. The molecule has 0 nitrogen and oxygen atoms in total. The number of hydrogen-bond acceptors (Lipinski definition) is 0. The van der Waals surface area contributed by atoms with Gasteiger partial charge in [0.05, 0.1) is 0 Å². The molecular formula is C11H12Cl2. The Kier molecular flexibility index (Phi) is 7.47. The minimum atomic E-state index is 0.556. The van der Waals surface area contributed by atoms with E-state index in [4.69, 9.17) is 23.2 Å². The van der Waals surface area contributed by atoms with E-state index in [0.717, 1.165) is 10.6 Å². The Bertz CT molecular complexity index is 267. The highest BCUT2D eigenvalue weighted by Gasteiger charge is 1.89. The second-order valence-electron chi connectivity index (χ2n) is 2.17. The Balaban J connectivity index is 0.000000310. The summed E-state index contributed by atoms with van der Waals surface area (Å²) in [6, 6.07) is 7.60. The SMILES string of the molecule is C=CCCl.C=Cc1ccccc1Cl. The second kappa shape index (κ2) is 7.90. The Morgan fingerprint density at radius 3 is 2.08 bits per heavy atom. The molecule has 0 aliphatic carbocycles. The smallest absolute Gasteiger partial charge is 0.0478 e. The van der Waals surface area contributed by atoms with Gasteiger partial charge in [0.1, 0.15) is 0 Å². The molecule has 0 aromatic heterocycles. The van der Waals surface area contributed by atoms with Crippen LogP contribution in [-0.4, -0.2) is 5.88 Å². The molecule has 0 saturated heterocycles. The summed E-state index contributed by atoms with van der Waals surface area (Å²) in [6.45, 7) is 6.95. The van der Waals surface area contributed by atoms with Crippen LogP contribution < -0.4 is 0 Å². The standard InChI is InChI=1S/C8H7Cl.C3H5Cl/c1-2-7-5-3-4-6-8(7)9;1-2-3-4/h2-6H,1H2;2H,1,3H2. The van der Waals surface area contributed by atoms with Crippen LogP contribution in [-0.2, 0) is 0 Å². The highest BCUT2D eigenvalue weighted by Crippen LogP contribution is 2.14. The zero-order chi connectivity index (χ0) is 10.1. The molecule has 0 unspecified atom stereocenters. The normalized spacial score (nSPS) is 8.15. The van der Waals surface area contributed by atoms with E-state index in [1.165, 1.54) is 0 Å². The predicted octanol–water partition coefficient (Wildman–Crippen LogP) is 4.39. The Morgan fingerprint density at radius 2 is 1.77 bits per heavy atom. The van der Waals surface area contributed by atoms with Crippen LogP contribution in [0.3, 0.4) is 0 Å². The van der Waals surface area contributed by atoms with E-state index >= 15 is 0 Å². The van der Waals surface area contributed by atoms with Crippen molar-refractivity contribution in [3.63, 3.8) is 0 Å². The predicted molar refractivity (Wildman–Crippen MR) is 62.5 cm³/mol. The number of allylic oxidation sites excluding steroid dienone is 1. The molecule has 1 aromatic rings. The molecule has 0 atom stereocenters. The van der Waals surface area contributed by atoms with Crippen molar-refractivity contribution in [1.82, 2.24) is 0 Å². The molecule has 0 spiro atoms. The van der Waals surface area contributed by atoms with Crippen LogP contribution in [0.1, 0.15) is 5.56 Å². The van der Waals surface area contributed by atoms with Gasteiger partial charge in [0.15, 0.2) is 0 Å². The van der Waals surface area contributed by atoms with Crippen molar-refractivity contribution in [2.24, 2.45) is 0 Å². The van der Waals surface area contributed by atoms with Crippen LogP contribution in [0.5, 0.6) is 0 Å². The van der Waals surface area contributed by atoms with Gasteiger partial charge in [-0.3, -0.25) is 0 Å². The second-order valence-corrected chi connectivity index (χ2v) is 2.88. The van der Waals surface area contributed by atoms with E-state index in [9.17, 15) is 0 Å². The maximum atomic E-state index is 5.75. The van der Waals surface area contributed by atoms with Crippen LogP contribution >= 0.6 is 23.2 Å². The lowest BCUT2D eigenvalue weighted by molar-refractivity contribution is 1.66. The first kappa shape index (κ1) is 12.3. The van der Waals surface area contributed by atoms with Crippen LogP contribution in [0, 0.1) is 0 Å². The van der Waals surface area contributed by atoms with Crippen molar-refractivity contribution < 1.29 is 0 Å².